The molecule has 228 valence electrons. The second kappa shape index (κ2) is 15.0. The summed E-state index contributed by atoms with van der Waals surface area (Å²) in [6.45, 7) is 2.44. The standard InChI is InChI=1S/C26H29N7O6.3ClH/c1-14(2)17-9-18(21(39-24(36)13-29)10-20(17)38-23(35)12-28)25-30-33(22(34)11-27)26(37)32(25)16-4-5-19-15(8-16)6-7-31(19)3;;;/h4-10,14H,11-13,27-29H2,1-3H3;3*1H. The van der Waals surface area contributed by atoms with E-state index in [4.69, 9.17) is 26.7 Å². The van der Waals surface area contributed by atoms with Gasteiger partial charge in [0, 0.05) is 30.2 Å². The zero-order chi connectivity index (χ0) is 28.4. The van der Waals surface area contributed by atoms with Crippen molar-refractivity contribution in [2.45, 2.75) is 19.8 Å². The third-order valence-corrected chi connectivity index (χ3v) is 6.07. The molecule has 2 aromatic heterocycles. The summed E-state index contributed by atoms with van der Waals surface area (Å²) in [4.78, 5) is 50.4. The first kappa shape index (κ1) is 36.3. The molecule has 0 unspecified atom stereocenters. The first-order chi connectivity index (χ1) is 18.6. The topological polar surface area (TPSA) is 192 Å². The van der Waals surface area contributed by atoms with Crippen LogP contribution in [0.2, 0.25) is 0 Å². The molecule has 4 aromatic rings. The van der Waals surface area contributed by atoms with Crippen LogP contribution in [0.1, 0.15) is 30.1 Å². The van der Waals surface area contributed by atoms with Crippen molar-refractivity contribution >= 4 is 66.0 Å². The fourth-order valence-corrected chi connectivity index (χ4v) is 4.14. The van der Waals surface area contributed by atoms with E-state index < -0.39 is 36.6 Å². The van der Waals surface area contributed by atoms with Crippen molar-refractivity contribution in [1.29, 1.82) is 0 Å². The van der Waals surface area contributed by atoms with Crippen LogP contribution in [0.4, 0.5) is 0 Å². The van der Waals surface area contributed by atoms with Crippen LogP contribution < -0.4 is 32.4 Å². The second-order valence-corrected chi connectivity index (χ2v) is 9.02. The summed E-state index contributed by atoms with van der Waals surface area (Å²) in [5, 5.41) is 5.14. The molecule has 0 fully saturated rings. The number of hydrogen-bond acceptors (Lipinski definition) is 10. The van der Waals surface area contributed by atoms with Crippen LogP contribution in [-0.2, 0) is 16.6 Å². The molecule has 0 aliphatic rings. The average Bonchev–Trinajstić information content (AvgIpc) is 3.46. The van der Waals surface area contributed by atoms with E-state index in [1.807, 2.05) is 43.8 Å². The highest BCUT2D eigenvalue weighted by atomic mass is 35.5. The van der Waals surface area contributed by atoms with Gasteiger partial charge in [-0.15, -0.1) is 47.0 Å². The monoisotopic (exact) mass is 643 g/mol. The summed E-state index contributed by atoms with van der Waals surface area (Å²) in [6, 6.07) is 10.1. The normalized spacial score (nSPS) is 10.5. The van der Waals surface area contributed by atoms with Crippen molar-refractivity contribution in [3.05, 3.63) is 58.6 Å². The van der Waals surface area contributed by atoms with Gasteiger partial charge in [-0.3, -0.25) is 14.4 Å². The molecule has 0 saturated heterocycles. The van der Waals surface area contributed by atoms with E-state index in [0.717, 1.165) is 10.9 Å². The van der Waals surface area contributed by atoms with Gasteiger partial charge < -0.3 is 31.2 Å². The highest BCUT2D eigenvalue weighted by molar-refractivity contribution is 5.86. The van der Waals surface area contributed by atoms with Gasteiger partial charge in [0.05, 0.1) is 30.9 Å². The Morgan fingerprint density at radius 3 is 2.07 bits per heavy atom. The van der Waals surface area contributed by atoms with Crippen LogP contribution in [0, 0.1) is 0 Å². The van der Waals surface area contributed by atoms with E-state index in [2.05, 4.69) is 5.10 Å². The van der Waals surface area contributed by atoms with Gasteiger partial charge in [0.15, 0.2) is 5.82 Å². The van der Waals surface area contributed by atoms with Crippen molar-refractivity contribution in [1.82, 2.24) is 18.9 Å². The molecule has 6 N–H and O–H groups in total. The maximum absolute atomic E-state index is 13.5. The SMILES string of the molecule is CC(C)c1cc(-c2nn(C(=O)CN)c(=O)n2-c2ccc3c(ccn3C)c2)c(OC(=O)CN)cc1OC(=O)CN.Cl.Cl.Cl. The predicted octanol–water partition coefficient (Wildman–Crippen LogP) is 1.91. The van der Waals surface area contributed by atoms with Gasteiger partial charge in [-0.25, -0.2) is 9.36 Å². The molecule has 0 saturated carbocycles. The third-order valence-electron chi connectivity index (χ3n) is 6.07. The number of halogens is 3. The lowest BCUT2D eigenvalue weighted by atomic mass is 9.98. The first-order valence-electron chi connectivity index (χ1n) is 12.1. The van der Waals surface area contributed by atoms with Crippen LogP contribution >= 0.6 is 37.2 Å². The van der Waals surface area contributed by atoms with Gasteiger partial charge in [-0.2, -0.15) is 0 Å². The van der Waals surface area contributed by atoms with Gasteiger partial charge in [0.25, 0.3) is 5.91 Å². The van der Waals surface area contributed by atoms with Crippen LogP contribution in [0.3, 0.4) is 0 Å². The first-order valence-corrected chi connectivity index (χ1v) is 12.1. The summed E-state index contributed by atoms with van der Waals surface area (Å²) in [7, 11) is 1.89. The van der Waals surface area contributed by atoms with Gasteiger partial charge in [-0.1, -0.05) is 13.8 Å². The number of nitrogens with two attached hydrogens (primary N) is 3. The molecule has 4 rings (SSSR count). The molecule has 0 aliphatic heterocycles. The third kappa shape index (κ3) is 7.01. The predicted molar refractivity (Wildman–Crippen MR) is 165 cm³/mol. The Morgan fingerprint density at radius 2 is 1.50 bits per heavy atom. The lowest BCUT2D eigenvalue weighted by molar-refractivity contribution is -0.133. The molecule has 16 heteroatoms. The lowest BCUT2D eigenvalue weighted by Crippen LogP contribution is -2.33. The summed E-state index contributed by atoms with van der Waals surface area (Å²) in [5.74, 6) is -2.39. The minimum absolute atomic E-state index is 0. The Labute approximate surface area is 259 Å². The summed E-state index contributed by atoms with van der Waals surface area (Å²) in [6.07, 6.45) is 1.88. The molecule has 0 radical (unpaired) electrons. The molecule has 0 aliphatic carbocycles. The van der Waals surface area contributed by atoms with E-state index in [1.165, 1.54) is 10.6 Å². The van der Waals surface area contributed by atoms with E-state index in [9.17, 15) is 19.2 Å². The van der Waals surface area contributed by atoms with Crippen molar-refractivity contribution in [3.8, 4) is 28.6 Å². The molecule has 0 spiro atoms. The summed E-state index contributed by atoms with van der Waals surface area (Å²) in [5.41, 5.74) is 17.7. The van der Waals surface area contributed by atoms with Gasteiger partial charge in [0.1, 0.15) is 11.5 Å². The molecule has 0 atom stereocenters. The number of carbonyl (C=O) groups is 3. The molecule has 42 heavy (non-hydrogen) atoms. The van der Waals surface area contributed by atoms with E-state index in [-0.39, 0.29) is 72.6 Å². The van der Waals surface area contributed by atoms with E-state index >= 15 is 0 Å². The van der Waals surface area contributed by atoms with Crippen molar-refractivity contribution in [2.75, 3.05) is 19.6 Å². The van der Waals surface area contributed by atoms with Crippen molar-refractivity contribution in [2.24, 2.45) is 24.2 Å². The number of ether oxygens (including phenoxy) is 2. The van der Waals surface area contributed by atoms with Crippen LogP contribution in [0.5, 0.6) is 11.5 Å². The summed E-state index contributed by atoms with van der Waals surface area (Å²) >= 11 is 0. The highest BCUT2D eigenvalue weighted by Gasteiger charge is 2.26. The minimum atomic E-state index is -0.790. The van der Waals surface area contributed by atoms with Crippen LogP contribution in [0.25, 0.3) is 28.0 Å². The van der Waals surface area contributed by atoms with Gasteiger partial charge in [-0.05, 0) is 41.8 Å². The molecule has 0 amide bonds. The summed E-state index contributed by atoms with van der Waals surface area (Å²) < 4.78 is 14.7. The number of benzene rings is 2. The minimum Gasteiger partial charge on any atom is -0.425 e. The van der Waals surface area contributed by atoms with E-state index in [0.29, 0.717) is 15.9 Å². The Morgan fingerprint density at radius 1 is 0.881 bits per heavy atom. The van der Waals surface area contributed by atoms with Gasteiger partial charge >= 0.3 is 17.6 Å². The zero-order valence-corrected chi connectivity index (χ0v) is 25.4. The largest absolute Gasteiger partial charge is 0.425 e. The Balaban J connectivity index is 0.00000294. The van der Waals surface area contributed by atoms with Crippen LogP contribution in [-0.4, -0.2) is 56.4 Å². The smallest absolute Gasteiger partial charge is 0.358 e. The second-order valence-electron chi connectivity index (χ2n) is 9.02. The molecule has 0 bridgehead atoms. The molecule has 2 heterocycles. The zero-order valence-electron chi connectivity index (χ0n) is 22.9. The lowest BCUT2D eigenvalue weighted by Gasteiger charge is -2.18. The fraction of sp³-hybridized carbons (Fsp3) is 0.269. The quantitative estimate of drug-likeness (QED) is 0.188. The Kier molecular flexibility index (Phi) is 12.9. The van der Waals surface area contributed by atoms with Crippen molar-refractivity contribution in [3.63, 3.8) is 0 Å². The van der Waals surface area contributed by atoms with Crippen molar-refractivity contribution < 1.29 is 23.9 Å². The molecular weight excluding hydrogens is 613 g/mol. The number of esters is 2. The molecular formula is C26H32Cl3N7O6. The number of nitrogens with zero attached hydrogens (tertiary/aromatic N) is 4. The van der Waals surface area contributed by atoms with E-state index in [1.54, 1.807) is 18.2 Å². The Hall–Kier alpha value is -3.72. The molecule has 2 aromatic carbocycles. The Bertz CT molecular complexity index is 1660. The van der Waals surface area contributed by atoms with Crippen LogP contribution in [0.15, 0.2) is 47.4 Å². The number of aromatic nitrogens is 4. The number of carbonyl (C=O) groups excluding carboxylic acids is 3. The fourth-order valence-electron chi connectivity index (χ4n) is 4.14. The van der Waals surface area contributed by atoms with Gasteiger partial charge in [0.2, 0.25) is 0 Å². The number of fused-ring (bicyclic) bond motifs is 1. The maximum Gasteiger partial charge on any atom is 0.358 e. The number of aryl methyl sites for hydroxylation is 1. The maximum atomic E-state index is 13.5. The number of rotatable bonds is 8. The number of hydrogen-bond donors (Lipinski definition) is 3. The molecule has 13 nitrogen and oxygen atoms in total. The average molecular weight is 645 g/mol. The highest BCUT2D eigenvalue weighted by Crippen LogP contribution is 2.39.